The largest absolute Gasteiger partial charge is 0.485 e. The summed E-state index contributed by atoms with van der Waals surface area (Å²) in [6.45, 7) is 2.61. The number of hydrogen-bond donors (Lipinski definition) is 1. The number of aryl methyl sites for hydroxylation is 1. The Kier molecular flexibility index (Phi) is 7.17. The second-order valence-corrected chi connectivity index (χ2v) is 12.8. The number of nitrogens with zero attached hydrogens (tertiary/aromatic N) is 2. The van der Waals surface area contributed by atoms with Crippen LogP contribution in [0.3, 0.4) is 0 Å². The zero-order valence-electron chi connectivity index (χ0n) is 24.4. The molecule has 3 aliphatic heterocycles. The molecular formula is C35H39FN2O4. The molecule has 4 aliphatic rings. The van der Waals surface area contributed by atoms with Crippen LogP contribution in [0.25, 0.3) is 11.1 Å². The molecule has 3 aromatic rings. The number of rotatable bonds is 9. The van der Waals surface area contributed by atoms with Crippen LogP contribution in [0.15, 0.2) is 48.7 Å². The van der Waals surface area contributed by atoms with Gasteiger partial charge >= 0.3 is 5.97 Å². The van der Waals surface area contributed by atoms with Gasteiger partial charge < -0.3 is 14.6 Å². The Hall–Kier alpha value is -3.45. The van der Waals surface area contributed by atoms with Crippen molar-refractivity contribution in [3.63, 3.8) is 0 Å². The van der Waals surface area contributed by atoms with Crippen LogP contribution in [-0.4, -0.2) is 40.2 Å². The molecule has 1 N–H and O–H groups in total. The number of ether oxygens (including phenoxy) is 2. The van der Waals surface area contributed by atoms with E-state index < -0.39 is 11.9 Å². The lowest BCUT2D eigenvalue weighted by Gasteiger charge is -2.30. The van der Waals surface area contributed by atoms with Crippen molar-refractivity contribution in [3.8, 4) is 22.8 Å². The minimum atomic E-state index is -0.745. The molecule has 0 amide bonds. The molecule has 0 radical (unpaired) electrons. The molecule has 2 saturated heterocycles. The van der Waals surface area contributed by atoms with Gasteiger partial charge in [0, 0.05) is 30.3 Å². The maximum Gasteiger partial charge on any atom is 0.306 e. The van der Waals surface area contributed by atoms with E-state index >= 15 is 4.39 Å². The summed E-state index contributed by atoms with van der Waals surface area (Å²) < 4.78 is 27.2. The molecule has 2 bridgehead atoms. The first kappa shape index (κ1) is 27.4. The van der Waals surface area contributed by atoms with Crippen LogP contribution < -0.4 is 9.47 Å². The fourth-order valence-electron chi connectivity index (χ4n) is 7.83. The van der Waals surface area contributed by atoms with Gasteiger partial charge in [0.25, 0.3) is 0 Å². The van der Waals surface area contributed by atoms with E-state index in [9.17, 15) is 9.90 Å². The molecule has 220 valence electrons. The van der Waals surface area contributed by atoms with Gasteiger partial charge in [-0.05, 0) is 97.1 Å². The zero-order valence-corrected chi connectivity index (χ0v) is 24.4. The lowest BCUT2D eigenvalue weighted by molar-refractivity contribution is -0.142. The monoisotopic (exact) mass is 570 g/mol. The molecule has 1 saturated carbocycles. The van der Waals surface area contributed by atoms with Crippen LogP contribution in [-0.2, 0) is 17.8 Å². The normalized spacial score (nSPS) is 24.6. The van der Waals surface area contributed by atoms with E-state index in [1.807, 2.05) is 13.0 Å². The average molecular weight is 571 g/mol. The number of carbonyl (C=O) groups is 1. The SMILES string of the molecule is COc1cc(-c2ccc(C3CCc4ccc([C@H](C5CC5)[C@H](C)C(=O)O)cc4O3)cc2CN2C3CCC2CC3)c(F)cn1. The Bertz CT molecular complexity index is 1480. The van der Waals surface area contributed by atoms with E-state index in [2.05, 4.69) is 40.2 Å². The Morgan fingerprint density at radius 1 is 1.05 bits per heavy atom. The van der Waals surface area contributed by atoms with Gasteiger partial charge in [-0.25, -0.2) is 9.37 Å². The van der Waals surface area contributed by atoms with E-state index in [4.69, 9.17) is 9.47 Å². The first-order valence-corrected chi connectivity index (χ1v) is 15.5. The fourth-order valence-corrected chi connectivity index (χ4v) is 7.83. The number of aliphatic carboxylic acids is 1. The van der Waals surface area contributed by atoms with E-state index in [0.29, 0.717) is 29.4 Å². The van der Waals surface area contributed by atoms with Crippen molar-refractivity contribution in [2.45, 2.75) is 88.9 Å². The van der Waals surface area contributed by atoms with E-state index in [1.165, 1.54) is 37.4 Å². The highest BCUT2D eigenvalue weighted by Crippen LogP contribution is 2.48. The van der Waals surface area contributed by atoms with Crippen molar-refractivity contribution in [3.05, 3.63) is 76.7 Å². The van der Waals surface area contributed by atoms with Gasteiger partial charge in [0.2, 0.25) is 5.88 Å². The Morgan fingerprint density at radius 3 is 2.50 bits per heavy atom. The lowest BCUT2D eigenvalue weighted by Crippen LogP contribution is -2.28. The third-order valence-corrected chi connectivity index (χ3v) is 10.3. The van der Waals surface area contributed by atoms with E-state index in [-0.39, 0.29) is 17.8 Å². The molecule has 7 heteroatoms. The molecule has 7 rings (SSSR count). The summed E-state index contributed by atoms with van der Waals surface area (Å²) in [5, 5.41) is 9.77. The first-order valence-electron chi connectivity index (χ1n) is 15.5. The van der Waals surface area contributed by atoms with Crippen molar-refractivity contribution in [2.75, 3.05) is 7.11 Å². The minimum absolute atomic E-state index is 0.00532. The minimum Gasteiger partial charge on any atom is -0.485 e. The maximum absolute atomic E-state index is 15.1. The molecule has 1 unspecified atom stereocenters. The van der Waals surface area contributed by atoms with Crippen molar-refractivity contribution >= 4 is 5.97 Å². The smallest absolute Gasteiger partial charge is 0.306 e. The lowest BCUT2D eigenvalue weighted by atomic mass is 9.82. The summed E-state index contributed by atoms with van der Waals surface area (Å²) in [5.74, 6) is 0.157. The third-order valence-electron chi connectivity index (χ3n) is 10.3. The van der Waals surface area contributed by atoms with Gasteiger partial charge in [-0.1, -0.05) is 37.3 Å². The molecule has 1 aromatic heterocycles. The maximum atomic E-state index is 15.1. The zero-order chi connectivity index (χ0) is 29.0. The van der Waals surface area contributed by atoms with Crippen LogP contribution in [0.2, 0.25) is 0 Å². The molecule has 2 aromatic carbocycles. The number of pyridine rings is 1. The number of hydrogen-bond acceptors (Lipinski definition) is 5. The Labute approximate surface area is 246 Å². The molecular weight excluding hydrogens is 531 g/mol. The van der Waals surface area contributed by atoms with E-state index in [1.54, 1.807) is 13.2 Å². The number of benzene rings is 2. The predicted molar refractivity (Wildman–Crippen MR) is 158 cm³/mol. The number of carboxylic acids is 1. The highest BCUT2D eigenvalue weighted by atomic mass is 19.1. The molecule has 3 atom stereocenters. The number of carboxylic acid groups (broad SMARTS) is 1. The Morgan fingerprint density at radius 2 is 1.81 bits per heavy atom. The molecule has 1 aliphatic carbocycles. The van der Waals surface area contributed by atoms with Crippen molar-refractivity contribution in [1.29, 1.82) is 0 Å². The Balaban J connectivity index is 1.21. The molecule has 6 nitrogen and oxygen atoms in total. The number of fused-ring (bicyclic) bond motifs is 3. The van der Waals surface area contributed by atoms with Gasteiger partial charge in [-0.2, -0.15) is 0 Å². The summed E-state index contributed by atoms with van der Waals surface area (Å²) in [7, 11) is 1.55. The summed E-state index contributed by atoms with van der Waals surface area (Å²) in [6.07, 6.45) is 10.0. The topological polar surface area (TPSA) is 71.9 Å². The van der Waals surface area contributed by atoms with E-state index in [0.717, 1.165) is 60.2 Å². The van der Waals surface area contributed by atoms with Gasteiger partial charge in [-0.3, -0.25) is 9.69 Å². The van der Waals surface area contributed by atoms with Crippen molar-refractivity contribution in [2.24, 2.45) is 11.8 Å². The van der Waals surface area contributed by atoms with Crippen LogP contribution in [0.5, 0.6) is 11.6 Å². The summed E-state index contributed by atoms with van der Waals surface area (Å²) in [4.78, 5) is 18.6. The van der Waals surface area contributed by atoms with Crippen molar-refractivity contribution < 1.29 is 23.8 Å². The van der Waals surface area contributed by atoms with Gasteiger partial charge in [0.1, 0.15) is 17.7 Å². The van der Waals surface area contributed by atoms with Crippen molar-refractivity contribution in [1.82, 2.24) is 9.88 Å². The van der Waals surface area contributed by atoms with Gasteiger partial charge in [0.05, 0.1) is 19.2 Å². The molecule has 42 heavy (non-hydrogen) atoms. The average Bonchev–Trinajstić information content (AvgIpc) is 3.69. The predicted octanol–water partition coefficient (Wildman–Crippen LogP) is 7.30. The number of aromatic nitrogens is 1. The fraction of sp³-hybridized carbons (Fsp3) is 0.486. The second-order valence-electron chi connectivity index (χ2n) is 12.8. The molecule has 0 spiro atoms. The van der Waals surface area contributed by atoms with Crippen LogP contribution in [0.1, 0.15) is 86.1 Å². The van der Waals surface area contributed by atoms with Gasteiger partial charge in [0.15, 0.2) is 0 Å². The number of halogens is 1. The molecule has 4 heterocycles. The quantitative estimate of drug-likeness (QED) is 0.291. The third kappa shape index (κ3) is 5.06. The van der Waals surface area contributed by atoms with Crippen LogP contribution in [0.4, 0.5) is 4.39 Å². The van der Waals surface area contributed by atoms with Gasteiger partial charge in [-0.15, -0.1) is 0 Å². The van der Waals surface area contributed by atoms with Crippen LogP contribution in [0, 0.1) is 17.7 Å². The summed E-state index contributed by atoms with van der Waals surface area (Å²) >= 11 is 0. The molecule has 3 fully saturated rings. The standard InChI is InChI=1S/C35H39FN2O4/c1-20(35(39)40)34(22-4-5-22)24-6-3-21-8-14-31(42-32(21)16-24)23-7-13-28(29-17-33(41-2)37-18-30(29)36)25(15-23)19-38-26-9-10-27(38)12-11-26/h3,6-7,13,15-18,20,22,26-27,31,34H,4-5,8-12,14,19H2,1-2H3,(H,39,40)/t20-,26?,27?,31?,34-/m0/s1. The second kappa shape index (κ2) is 11.0. The summed E-state index contributed by atoms with van der Waals surface area (Å²) in [5.41, 5.74) is 5.81. The van der Waals surface area contributed by atoms with Crippen LogP contribution >= 0.6 is 0 Å². The highest BCUT2D eigenvalue weighted by Gasteiger charge is 2.40. The number of methoxy groups -OCH3 is 1. The summed E-state index contributed by atoms with van der Waals surface area (Å²) in [6, 6.07) is 15.6. The highest BCUT2D eigenvalue weighted by molar-refractivity contribution is 5.71. The first-order chi connectivity index (χ1) is 20.4.